The van der Waals surface area contributed by atoms with Crippen LogP contribution in [-0.4, -0.2) is 39.9 Å². The van der Waals surface area contributed by atoms with Crippen molar-refractivity contribution in [2.75, 3.05) is 27.9 Å². The summed E-state index contributed by atoms with van der Waals surface area (Å²) in [6.45, 7) is 4.07. The van der Waals surface area contributed by atoms with Gasteiger partial charge in [0.2, 0.25) is 0 Å². The van der Waals surface area contributed by atoms with Crippen molar-refractivity contribution in [2.24, 2.45) is 4.99 Å². The van der Waals surface area contributed by atoms with Gasteiger partial charge in [-0.05, 0) is 18.1 Å². The Morgan fingerprint density at radius 2 is 1.76 bits per heavy atom. The summed E-state index contributed by atoms with van der Waals surface area (Å²) in [5, 5.41) is 6.54. The van der Waals surface area contributed by atoms with Gasteiger partial charge in [0.25, 0.3) is 0 Å². The van der Waals surface area contributed by atoms with Gasteiger partial charge in [-0.25, -0.2) is 0 Å². The number of halogens is 1. The van der Waals surface area contributed by atoms with E-state index in [1.54, 1.807) is 21.3 Å². The van der Waals surface area contributed by atoms with E-state index in [2.05, 4.69) is 46.8 Å². The molecule has 0 aliphatic rings. The molecule has 0 aliphatic carbocycles. The lowest BCUT2D eigenvalue weighted by molar-refractivity contribution is 0.179. The Morgan fingerprint density at radius 1 is 1.14 bits per heavy atom. The third-order valence-corrected chi connectivity index (χ3v) is 2.82. The molecule has 0 amide bonds. The average Bonchev–Trinajstić information content (AvgIpc) is 2.45. The zero-order valence-electron chi connectivity index (χ0n) is 13.2. The summed E-state index contributed by atoms with van der Waals surface area (Å²) in [7, 11) is 5.15. The van der Waals surface area contributed by atoms with Gasteiger partial charge in [0.1, 0.15) is 0 Å². The Labute approximate surface area is 144 Å². The van der Waals surface area contributed by atoms with E-state index in [0.29, 0.717) is 13.2 Å². The summed E-state index contributed by atoms with van der Waals surface area (Å²) in [4.78, 5) is 4.19. The topological polar surface area (TPSA) is 54.9 Å². The van der Waals surface area contributed by atoms with Crippen molar-refractivity contribution in [3.63, 3.8) is 0 Å². The second kappa shape index (κ2) is 11.8. The fraction of sp³-hybridized carbons (Fsp3) is 0.533. The van der Waals surface area contributed by atoms with E-state index in [9.17, 15) is 0 Å². The Balaban J connectivity index is 0.00000400. The molecule has 6 heteroatoms. The van der Waals surface area contributed by atoms with Crippen LogP contribution < -0.4 is 10.6 Å². The van der Waals surface area contributed by atoms with Crippen LogP contribution in [0.1, 0.15) is 18.1 Å². The Kier molecular flexibility index (Phi) is 11.3. The van der Waals surface area contributed by atoms with E-state index in [1.807, 2.05) is 0 Å². The maximum atomic E-state index is 5.09. The van der Waals surface area contributed by atoms with E-state index in [4.69, 9.17) is 9.47 Å². The SMILES string of the molecule is CN=C(NCc1ccc(COC)cc1)NC(C)COC.I. The smallest absolute Gasteiger partial charge is 0.191 e. The molecular weight excluding hydrogens is 381 g/mol. The van der Waals surface area contributed by atoms with Crippen molar-refractivity contribution in [1.82, 2.24) is 10.6 Å². The minimum Gasteiger partial charge on any atom is -0.383 e. The summed E-state index contributed by atoms with van der Waals surface area (Å²) in [6, 6.07) is 8.55. The third-order valence-electron chi connectivity index (χ3n) is 2.82. The predicted molar refractivity (Wildman–Crippen MR) is 97.2 cm³/mol. The molecule has 0 fully saturated rings. The standard InChI is InChI=1S/C15H25N3O2.HI/c1-12(10-19-3)18-15(16-2)17-9-13-5-7-14(8-6-13)11-20-4;/h5-8,12H,9-11H2,1-4H3,(H2,16,17,18);1H. The molecule has 2 N–H and O–H groups in total. The molecule has 1 aromatic rings. The number of nitrogens with one attached hydrogen (secondary N) is 2. The summed E-state index contributed by atoms with van der Waals surface area (Å²) in [5.41, 5.74) is 2.37. The number of nitrogens with zero attached hydrogens (tertiary/aromatic N) is 1. The van der Waals surface area contributed by atoms with E-state index in [1.165, 1.54) is 11.1 Å². The van der Waals surface area contributed by atoms with Crippen LogP contribution in [0.25, 0.3) is 0 Å². The van der Waals surface area contributed by atoms with Crippen LogP contribution in [0.2, 0.25) is 0 Å². The molecule has 1 unspecified atom stereocenters. The first-order valence-corrected chi connectivity index (χ1v) is 6.72. The fourth-order valence-electron chi connectivity index (χ4n) is 1.83. The van der Waals surface area contributed by atoms with E-state index in [-0.39, 0.29) is 30.0 Å². The second-order valence-corrected chi connectivity index (χ2v) is 4.68. The third kappa shape index (κ3) is 8.23. The summed E-state index contributed by atoms with van der Waals surface area (Å²) in [6.07, 6.45) is 0. The number of methoxy groups -OCH3 is 2. The van der Waals surface area contributed by atoms with Crippen molar-refractivity contribution in [1.29, 1.82) is 0 Å². The highest BCUT2D eigenvalue weighted by molar-refractivity contribution is 14.0. The maximum Gasteiger partial charge on any atom is 0.191 e. The van der Waals surface area contributed by atoms with Gasteiger partial charge in [-0.15, -0.1) is 24.0 Å². The van der Waals surface area contributed by atoms with E-state index < -0.39 is 0 Å². The molecule has 120 valence electrons. The van der Waals surface area contributed by atoms with Gasteiger partial charge < -0.3 is 20.1 Å². The highest BCUT2D eigenvalue weighted by Crippen LogP contribution is 2.05. The van der Waals surface area contributed by atoms with E-state index >= 15 is 0 Å². The average molecular weight is 407 g/mol. The zero-order valence-corrected chi connectivity index (χ0v) is 15.5. The van der Waals surface area contributed by atoms with Crippen LogP contribution in [0.15, 0.2) is 29.3 Å². The number of rotatable bonds is 7. The molecule has 0 heterocycles. The lowest BCUT2D eigenvalue weighted by Crippen LogP contribution is -2.43. The summed E-state index contributed by atoms with van der Waals surface area (Å²) >= 11 is 0. The molecule has 0 saturated carbocycles. The molecule has 0 radical (unpaired) electrons. The Morgan fingerprint density at radius 3 is 2.29 bits per heavy atom. The predicted octanol–water partition coefficient (Wildman–Crippen LogP) is 2.15. The molecule has 0 aromatic heterocycles. The van der Waals surface area contributed by atoms with E-state index in [0.717, 1.165) is 12.5 Å². The lowest BCUT2D eigenvalue weighted by atomic mass is 10.1. The molecular formula is C15H26IN3O2. The highest BCUT2D eigenvalue weighted by Gasteiger charge is 2.04. The fourth-order valence-corrected chi connectivity index (χ4v) is 1.83. The van der Waals surface area contributed by atoms with Crippen LogP contribution >= 0.6 is 24.0 Å². The van der Waals surface area contributed by atoms with Gasteiger partial charge in [-0.2, -0.15) is 0 Å². The maximum absolute atomic E-state index is 5.09. The molecule has 5 nitrogen and oxygen atoms in total. The molecule has 0 spiro atoms. The Hall–Kier alpha value is -0.860. The quantitative estimate of drug-likeness (QED) is 0.413. The lowest BCUT2D eigenvalue weighted by Gasteiger charge is -2.17. The van der Waals surface area contributed by atoms with Gasteiger partial charge in [0.05, 0.1) is 13.2 Å². The van der Waals surface area contributed by atoms with Crippen LogP contribution in [0, 0.1) is 0 Å². The summed E-state index contributed by atoms with van der Waals surface area (Å²) < 4.78 is 10.2. The summed E-state index contributed by atoms with van der Waals surface area (Å²) in [5.74, 6) is 0.774. The molecule has 21 heavy (non-hydrogen) atoms. The first-order valence-electron chi connectivity index (χ1n) is 6.72. The number of hydrogen-bond donors (Lipinski definition) is 2. The first-order chi connectivity index (χ1) is 9.69. The number of ether oxygens (including phenoxy) is 2. The van der Waals surface area contributed by atoms with Crippen molar-refractivity contribution >= 4 is 29.9 Å². The van der Waals surface area contributed by atoms with Crippen molar-refractivity contribution in [2.45, 2.75) is 26.1 Å². The largest absolute Gasteiger partial charge is 0.383 e. The molecule has 0 aliphatic heterocycles. The van der Waals surface area contributed by atoms with Crippen LogP contribution in [-0.2, 0) is 22.6 Å². The van der Waals surface area contributed by atoms with Crippen LogP contribution in [0.3, 0.4) is 0 Å². The van der Waals surface area contributed by atoms with Crippen LogP contribution in [0.5, 0.6) is 0 Å². The van der Waals surface area contributed by atoms with Crippen LogP contribution in [0.4, 0.5) is 0 Å². The van der Waals surface area contributed by atoms with Gasteiger partial charge in [-0.3, -0.25) is 4.99 Å². The number of guanidine groups is 1. The molecule has 1 aromatic carbocycles. The first kappa shape index (κ1) is 20.1. The zero-order chi connectivity index (χ0) is 14.8. The minimum atomic E-state index is 0. The van der Waals surface area contributed by atoms with Crippen molar-refractivity contribution < 1.29 is 9.47 Å². The van der Waals surface area contributed by atoms with Gasteiger partial charge in [0.15, 0.2) is 5.96 Å². The Bertz CT molecular complexity index is 410. The van der Waals surface area contributed by atoms with Gasteiger partial charge in [0, 0.05) is 33.9 Å². The van der Waals surface area contributed by atoms with Crippen molar-refractivity contribution in [3.05, 3.63) is 35.4 Å². The minimum absolute atomic E-state index is 0. The number of hydrogen-bond acceptors (Lipinski definition) is 3. The molecule has 0 saturated heterocycles. The molecule has 1 atom stereocenters. The number of aliphatic imine (C=N–C) groups is 1. The molecule has 0 bridgehead atoms. The monoisotopic (exact) mass is 407 g/mol. The second-order valence-electron chi connectivity index (χ2n) is 4.68. The molecule has 1 rings (SSSR count). The van der Waals surface area contributed by atoms with Gasteiger partial charge in [-0.1, -0.05) is 24.3 Å². The normalized spacial score (nSPS) is 12.5. The number of benzene rings is 1. The highest BCUT2D eigenvalue weighted by atomic mass is 127. The van der Waals surface area contributed by atoms with Crippen molar-refractivity contribution in [3.8, 4) is 0 Å². The van der Waals surface area contributed by atoms with Gasteiger partial charge >= 0.3 is 0 Å².